The largest absolute Gasteiger partial charge is 1.00 e. The first-order valence-electron chi connectivity index (χ1n) is 12.1. The van der Waals surface area contributed by atoms with Gasteiger partial charge >= 0.3 is 5.97 Å². The third kappa shape index (κ3) is 5.82. The van der Waals surface area contributed by atoms with Crippen LogP contribution in [0.1, 0.15) is 34.8 Å². The topological polar surface area (TPSA) is 55.4 Å². The van der Waals surface area contributed by atoms with Gasteiger partial charge in [0.2, 0.25) is 5.78 Å². The molecule has 0 aromatic heterocycles. The highest BCUT2D eigenvalue weighted by molar-refractivity contribution is 5.97. The Morgan fingerprint density at radius 3 is 2.06 bits per heavy atom. The van der Waals surface area contributed by atoms with E-state index in [0.717, 1.165) is 42.7 Å². The lowest BCUT2D eigenvalue weighted by molar-refractivity contribution is -0.938. The fourth-order valence-corrected chi connectivity index (χ4v) is 5.44. The van der Waals surface area contributed by atoms with E-state index in [1.54, 1.807) is 0 Å². The number of fused-ring (bicyclic) bond motifs is 3. The second kappa shape index (κ2) is 11.2. The third-order valence-electron chi connectivity index (χ3n) is 7.34. The number of ether oxygens (including phenoxy) is 1. The normalized spacial score (nSPS) is 23.5. The summed E-state index contributed by atoms with van der Waals surface area (Å²) in [5.41, 5.74) is 2.51. The van der Waals surface area contributed by atoms with Gasteiger partial charge in [0.05, 0.1) is 13.1 Å². The van der Waals surface area contributed by atoms with E-state index in [1.165, 1.54) is 0 Å². The molecule has 0 saturated carbocycles. The highest BCUT2D eigenvalue weighted by atomic mass is 79.9. The number of ketones is 1. The van der Waals surface area contributed by atoms with E-state index in [1.807, 2.05) is 91.0 Å². The van der Waals surface area contributed by atoms with Gasteiger partial charge in [0.1, 0.15) is 13.1 Å². The molecule has 6 rings (SSSR count). The maximum Gasteiger partial charge on any atom is 0.333 e. The van der Waals surface area contributed by atoms with Gasteiger partial charge in [0, 0.05) is 30.0 Å². The van der Waals surface area contributed by atoms with E-state index in [4.69, 9.17) is 4.74 Å². The lowest BCUT2D eigenvalue weighted by atomic mass is 9.82. The summed E-state index contributed by atoms with van der Waals surface area (Å²) in [5, 5.41) is 3.36. The number of anilines is 1. The second-order valence-corrected chi connectivity index (χ2v) is 9.59. The van der Waals surface area contributed by atoms with Crippen LogP contribution in [0.15, 0.2) is 91.0 Å². The monoisotopic (exact) mass is 534 g/mol. The number of esters is 1. The predicted molar refractivity (Wildman–Crippen MR) is 132 cm³/mol. The number of rotatable bonds is 8. The summed E-state index contributed by atoms with van der Waals surface area (Å²) >= 11 is 0. The minimum Gasteiger partial charge on any atom is -1.00 e. The van der Waals surface area contributed by atoms with Crippen LogP contribution in [0.2, 0.25) is 0 Å². The standard InChI is InChI=1S/C29H31N2O3.BrH/c32-26(22-10-4-1-5-11-22)20-31-18-16-23(17-19-31)27(21-31)34-29(33)28(24-12-6-2-7-13-24)30-25-14-8-3-9-15-25;/h1-15,23,27-28,30H,16-21H2;1H/q+1;/p-1/t23?,27-,28?,31?;/m0./s1. The molecule has 3 aromatic rings. The van der Waals surface area contributed by atoms with Crippen molar-refractivity contribution >= 4 is 17.4 Å². The highest BCUT2D eigenvalue weighted by Crippen LogP contribution is 2.36. The summed E-state index contributed by atoms with van der Waals surface area (Å²) in [4.78, 5) is 26.5. The van der Waals surface area contributed by atoms with Crippen molar-refractivity contribution in [2.45, 2.75) is 25.0 Å². The molecule has 3 aliphatic rings. The number of halogens is 1. The van der Waals surface area contributed by atoms with Crippen LogP contribution in [0.3, 0.4) is 0 Å². The maximum atomic E-state index is 13.5. The smallest absolute Gasteiger partial charge is 0.333 e. The average molecular weight is 535 g/mol. The summed E-state index contributed by atoms with van der Waals surface area (Å²) in [5.74, 6) is 0.268. The molecule has 6 heteroatoms. The molecule has 182 valence electrons. The van der Waals surface area contributed by atoms with Crippen molar-refractivity contribution in [1.29, 1.82) is 0 Å². The number of benzene rings is 3. The van der Waals surface area contributed by atoms with Crippen LogP contribution in [-0.2, 0) is 9.53 Å². The molecule has 0 amide bonds. The molecule has 3 saturated heterocycles. The number of hydrogen-bond acceptors (Lipinski definition) is 4. The van der Waals surface area contributed by atoms with E-state index in [0.29, 0.717) is 23.5 Å². The first kappa shape index (κ1) is 25.1. The SMILES string of the molecule is O=C(C[N+]12CCC(CC1)[C@@H](OC(=O)C(Nc1ccccc1)c1ccccc1)C2)c1ccccc1.[Br-]. The summed E-state index contributed by atoms with van der Waals surface area (Å²) < 4.78 is 6.91. The van der Waals surface area contributed by atoms with Crippen molar-refractivity contribution in [2.24, 2.45) is 5.92 Å². The van der Waals surface area contributed by atoms with Crippen LogP contribution in [0, 0.1) is 5.92 Å². The summed E-state index contributed by atoms with van der Waals surface area (Å²) in [6, 6.07) is 28.4. The van der Waals surface area contributed by atoms with Crippen LogP contribution < -0.4 is 22.3 Å². The molecule has 0 spiro atoms. The molecule has 3 aromatic carbocycles. The molecule has 0 aliphatic carbocycles. The van der Waals surface area contributed by atoms with Gasteiger partial charge in [0.25, 0.3) is 0 Å². The van der Waals surface area contributed by atoms with Crippen LogP contribution in [-0.4, -0.2) is 48.5 Å². The lowest BCUT2D eigenvalue weighted by Crippen LogP contribution is -3.00. The van der Waals surface area contributed by atoms with Gasteiger partial charge in [-0.25, -0.2) is 4.79 Å². The Hall–Kier alpha value is -2.96. The Morgan fingerprint density at radius 2 is 1.43 bits per heavy atom. The highest BCUT2D eigenvalue weighted by Gasteiger charge is 2.49. The second-order valence-electron chi connectivity index (χ2n) is 9.59. The Kier molecular flexibility index (Phi) is 8.04. The zero-order valence-corrected chi connectivity index (χ0v) is 21.3. The molecule has 1 N–H and O–H groups in total. The zero-order valence-electron chi connectivity index (χ0n) is 19.7. The van der Waals surface area contributed by atoms with Crippen LogP contribution in [0.4, 0.5) is 5.69 Å². The fraction of sp³-hybridized carbons (Fsp3) is 0.310. The van der Waals surface area contributed by atoms with E-state index in [-0.39, 0.29) is 34.8 Å². The zero-order chi connectivity index (χ0) is 23.4. The Labute approximate surface area is 217 Å². The lowest BCUT2D eigenvalue weighted by Gasteiger charge is -2.51. The number of piperidine rings is 3. The molecular formula is C29H31BrN2O3. The number of quaternary nitrogens is 1. The number of carbonyl (C=O) groups excluding carboxylic acids is 2. The molecule has 2 atom stereocenters. The first-order chi connectivity index (χ1) is 16.6. The van der Waals surface area contributed by atoms with E-state index in [2.05, 4.69) is 5.32 Å². The predicted octanol–water partition coefficient (Wildman–Crippen LogP) is 1.88. The average Bonchev–Trinajstić information content (AvgIpc) is 2.89. The van der Waals surface area contributed by atoms with Crippen molar-refractivity contribution in [3.8, 4) is 0 Å². The van der Waals surface area contributed by atoms with Gasteiger partial charge in [0.15, 0.2) is 12.1 Å². The van der Waals surface area contributed by atoms with Crippen LogP contribution in [0.25, 0.3) is 0 Å². The molecule has 35 heavy (non-hydrogen) atoms. The molecule has 3 fully saturated rings. The van der Waals surface area contributed by atoms with Crippen molar-refractivity contribution in [3.63, 3.8) is 0 Å². The minimum atomic E-state index is -0.585. The number of para-hydroxylation sites is 1. The quantitative estimate of drug-likeness (QED) is 0.272. The van der Waals surface area contributed by atoms with Gasteiger partial charge in [-0.3, -0.25) is 4.79 Å². The van der Waals surface area contributed by atoms with Gasteiger partial charge < -0.3 is 31.5 Å². The minimum absolute atomic E-state index is 0. The Balaban J connectivity index is 0.00000289. The molecule has 1 unspecified atom stereocenters. The van der Waals surface area contributed by atoms with Gasteiger partial charge in [-0.05, 0) is 17.7 Å². The van der Waals surface area contributed by atoms with Gasteiger partial charge in [-0.1, -0.05) is 78.9 Å². The van der Waals surface area contributed by atoms with E-state index >= 15 is 0 Å². The van der Waals surface area contributed by atoms with Crippen molar-refractivity contribution < 1.29 is 35.8 Å². The van der Waals surface area contributed by atoms with Gasteiger partial charge in [-0.15, -0.1) is 0 Å². The van der Waals surface area contributed by atoms with Crippen LogP contribution >= 0.6 is 0 Å². The number of nitrogens with one attached hydrogen (secondary N) is 1. The molecular weight excluding hydrogens is 504 g/mol. The molecule has 2 bridgehead atoms. The van der Waals surface area contributed by atoms with E-state index < -0.39 is 6.04 Å². The number of hydrogen-bond donors (Lipinski definition) is 1. The Morgan fingerprint density at radius 1 is 0.857 bits per heavy atom. The number of Topliss-reactive ketones (excluding diaryl/α,β-unsaturated/α-hetero) is 1. The van der Waals surface area contributed by atoms with Gasteiger partial charge in [-0.2, -0.15) is 0 Å². The number of nitrogens with zero attached hydrogens (tertiary/aromatic N) is 1. The van der Waals surface area contributed by atoms with Crippen molar-refractivity contribution in [1.82, 2.24) is 0 Å². The first-order valence-corrected chi connectivity index (χ1v) is 12.1. The van der Waals surface area contributed by atoms with E-state index in [9.17, 15) is 9.59 Å². The summed E-state index contributed by atoms with van der Waals surface area (Å²) in [6.07, 6.45) is 1.81. The third-order valence-corrected chi connectivity index (χ3v) is 7.34. The molecule has 0 radical (unpaired) electrons. The van der Waals surface area contributed by atoms with Crippen molar-refractivity contribution in [2.75, 3.05) is 31.5 Å². The molecule has 5 nitrogen and oxygen atoms in total. The number of carbonyl (C=O) groups is 2. The van der Waals surface area contributed by atoms with Crippen molar-refractivity contribution in [3.05, 3.63) is 102 Å². The summed E-state index contributed by atoms with van der Waals surface area (Å²) in [6.45, 7) is 3.13. The van der Waals surface area contributed by atoms with Crippen LogP contribution in [0.5, 0.6) is 0 Å². The fourth-order valence-electron chi connectivity index (χ4n) is 5.44. The molecule has 3 heterocycles. The maximum absolute atomic E-state index is 13.5. The molecule has 3 aliphatic heterocycles. The summed E-state index contributed by atoms with van der Waals surface area (Å²) in [7, 11) is 0. The Bertz CT molecular complexity index is 1120.